The molecule has 1 atom stereocenters. The molecule has 2 saturated carbocycles. The number of carbonyl (C=O) groups excluding carboxylic acids is 2. The molecule has 2 aliphatic carbocycles. The first-order chi connectivity index (χ1) is 18.3. The van der Waals surface area contributed by atoms with Crippen LogP contribution in [-0.2, 0) is 17.6 Å². The molecule has 4 N–H and O–H groups in total. The second-order valence-corrected chi connectivity index (χ2v) is 10.9. The largest absolute Gasteiger partial charge is 0.507 e. The number of benzene rings is 1. The fourth-order valence-electron chi connectivity index (χ4n) is 5.64. The van der Waals surface area contributed by atoms with Gasteiger partial charge in [0.2, 0.25) is 5.91 Å². The summed E-state index contributed by atoms with van der Waals surface area (Å²) in [5.41, 5.74) is 4.41. The van der Waals surface area contributed by atoms with Gasteiger partial charge in [-0.1, -0.05) is 13.8 Å². The Balaban J connectivity index is 1.39. The van der Waals surface area contributed by atoms with E-state index in [1.807, 2.05) is 33.8 Å². The molecule has 0 aliphatic heterocycles. The Bertz CT molecular complexity index is 1280. The summed E-state index contributed by atoms with van der Waals surface area (Å²) >= 11 is 0. The lowest BCUT2D eigenvalue weighted by molar-refractivity contribution is -0.119. The molecule has 9 heteroatoms. The highest BCUT2D eigenvalue weighted by atomic mass is 16.3. The van der Waals surface area contributed by atoms with Crippen LogP contribution in [0, 0.1) is 17.8 Å². The van der Waals surface area contributed by atoms with Crippen LogP contribution >= 0.6 is 0 Å². The summed E-state index contributed by atoms with van der Waals surface area (Å²) in [6, 6.07) is 6.26. The standard InChI is InChI=1S/C29H38N6O3/c1-5-21-26(22(6-2)34-33-21)20-12-11-19(15-24(20)36)31-29(38)27(25(17-7-8-17)18-9-10-18)32-28(37)23-13-14-30-35(23)16(3)4/h11-18,25,27,36H,5-10H2,1-4H3,(H,31,38)(H,32,37)(H,33,34)/t27-/m0/s1. The number of aryl methyl sites for hydroxylation is 2. The third-order valence-corrected chi connectivity index (χ3v) is 7.82. The molecule has 5 rings (SSSR count). The SMILES string of the molecule is CCc1n[nH]c(CC)c1-c1ccc(NC(=O)[C@@H](NC(=O)c2ccnn2C(C)C)C(C2CC2)C2CC2)cc1O. The number of amides is 2. The van der Waals surface area contributed by atoms with E-state index in [9.17, 15) is 14.7 Å². The van der Waals surface area contributed by atoms with Crippen LogP contribution < -0.4 is 10.6 Å². The van der Waals surface area contributed by atoms with E-state index in [-0.39, 0.29) is 29.5 Å². The van der Waals surface area contributed by atoms with Gasteiger partial charge < -0.3 is 15.7 Å². The van der Waals surface area contributed by atoms with Gasteiger partial charge in [0.25, 0.3) is 5.91 Å². The van der Waals surface area contributed by atoms with Gasteiger partial charge in [-0.3, -0.25) is 19.4 Å². The number of phenols is 1. The van der Waals surface area contributed by atoms with Crippen molar-refractivity contribution in [1.82, 2.24) is 25.3 Å². The number of aromatic hydroxyl groups is 1. The number of carbonyl (C=O) groups is 2. The number of aromatic amines is 1. The summed E-state index contributed by atoms with van der Waals surface area (Å²) in [4.78, 5) is 27.1. The van der Waals surface area contributed by atoms with Crippen LogP contribution in [-0.4, -0.2) is 42.9 Å². The molecule has 2 aliphatic rings. The third-order valence-electron chi connectivity index (χ3n) is 7.82. The van der Waals surface area contributed by atoms with Crippen LogP contribution in [0.4, 0.5) is 5.69 Å². The number of nitrogens with one attached hydrogen (secondary N) is 3. The smallest absolute Gasteiger partial charge is 0.270 e. The molecule has 1 aromatic carbocycles. The lowest BCUT2D eigenvalue weighted by Gasteiger charge is -2.28. The van der Waals surface area contributed by atoms with Gasteiger partial charge in [0, 0.05) is 40.8 Å². The van der Waals surface area contributed by atoms with E-state index in [2.05, 4.69) is 25.9 Å². The Morgan fingerprint density at radius 2 is 1.82 bits per heavy atom. The van der Waals surface area contributed by atoms with Crippen LogP contribution in [0.25, 0.3) is 11.1 Å². The summed E-state index contributed by atoms with van der Waals surface area (Å²) in [5.74, 6) is 0.538. The van der Waals surface area contributed by atoms with Crippen molar-refractivity contribution in [3.8, 4) is 16.9 Å². The molecule has 202 valence electrons. The third kappa shape index (κ3) is 5.19. The van der Waals surface area contributed by atoms with Gasteiger partial charge in [0.15, 0.2) is 0 Å². The maximum Gasteiger partial charge on any atom is 0.270 e. The molecular weight excluding hydrogens is 480 g/mol. The Hall–Kier alpha value is -3.62. The zero-order valence-corrected chi connectivity index (χ0v) is 22.6. The molecule has 2 fully saturated rings. The minimum atomic E-state index is -0.660. The molecule has 0 spiro atoms. The minimum Gasteiger partial charge on any atom is -0.507 e. The van der Waals surface area contributed by atoms with E-state index < -0.39 is 6.04 Å². The first kappa shape index (κ1) is 26.0. The van der Waals surface area contributed by atoms with Gasteiger partial charge in [0.1, 0.15) is 17.5 Å². The molecule has 0 bridgehead atoms. The van der Waals surface area contributed by atoms with E-state index in [1.54, 1.807) is 29.1 Å². The van der Waals surface area contributed by atoms with Gasteiger partial charge in [0.05, 0.1) is 5.69 Å². The number of H-pyrrole nitrogens is 1. The first-order valence-electron chi connectivity index (χ1n) is 13.9. The average Bonchev–Trinajstić information content (AvgIpc) is 3.82. The number of nitrogens with zero attached hydrogens (tertiary/aromatic N) is 3. The van der Waals surface area contributed by atoms with Crippen molar-refractivity contribution >= 4 is 17.5 Å². The average molecular weight is 519 g/mol. The Morgan fingerprint density at radius 1 is 1.11 bits per heavy atom. The maximum atomic E-state index is 13.7. The summed E-state index contributed by atoms with van der Waals surface area (Å²) < 4.78 is 1.68. The van der Waals surface area contributed by atoms with Crippen molar-refractivity contribution in [3.05, 3.63) is 47.5 Å². The van der Waals surface area contributed by atoms with Gasteiger partial charge in [-0.2, -0.15) is 10.2 Å². The molecule has 3 aromatic rings. The number of aromatic nitrogens is 4. The lowest BCUT2D eigenvalue weighted by Crippen LogP contribution is -2.50. The zero-order chi connectivity index (χ0) is 27.0. The second-order valence-electron chi connectivity index (χ2n) is 10.9. The topological polar surface area (TPSA) is 125 Å². The highest BCUT2D eigenvalue weighted by Crippen LogP contribution is 2.51. The van der Waals surface area contributed by atoms with Crippen LogP contribution in [0.2, 0.25) is 0 Å². The summed E-state index contributed by atoms with van der Waals surface area (Å²) in [6.45, 7) is 8.01. The molecule has 38 heavy (non-hydrogen) atoms. The Labute approximate surface area is 223 Å². The number of anilines is 1. The molecular formula is C29H38N6O3. The molecule has 9 nitrogen and oxygen atoms in total. The maximum absolute atomic E-state index is 13.7. The van der Waals surface area contributed by atoms with Gasteiger partial charge in [-0.15, -0.1) is 0 Å². The van der Waals surface area contributed by atoms with Crippen molar-refractivity contribution < 1.29 is 14.7 Å². The molecule has 2 amide bonds. The van der Waals surface area contributed by atoms with Crippen LogP contribution in [0.5, 0.6) is 5.75 Å². The Morgan fingerprint density at radius 3 is 2.39 bits per heavy atom. The highest BCUT2D eigenvalue weighted by Gasteiger charge is 2.48. The lowest BCUT2D eigenvalue weighted by atomic mass is 9.88. The van der Waals surface area contributed by atoms with Crippen LogP contribution in [0.15, 0.2) is 30.5 Å². The molecule has 2 aromatic heterocycles. The quantitative estimate of drug-likeness (QED) is 0.289. The van der Waals surface area contributed by atoms with Crippen molar-refractivity contribution in [2.75, 3.05) is 5.32 Å². The van der Waals surface area contributed by atoms with Crippen molar-refractivity contribution in [3.63, 3.8) is 0 Å². The van der Waals surface area contributed by atoms with Crippen LogP contribution in [0.3, 0.4) is 0 Å². The van der Waals surface area contributed by atoms with E-state index >= 15 is 0 Å². The summed E-state index contributed by atoms with van der Waals surface area (Å²) in [5, 5.41) is 28.7. The normalized spacial score (nSPS) is 16.2. The second kappa shape index (κ2) is 10.6. The summed E-state index contributed by atoms with van der Waals surface area (Å²) in [7, 11) is 0. The first-order valence-corrected chi connectivity index (χ1v) is 13.9. The predicted octanol–water partition coefficient (Wildman–Crippen LogP) is 4.86. The van der Waals surface area contributed by atoms with Gasteiger partial charge in [-0.05, 0) is 88.3 Å². The predicted molar refractivity (Wildman–Crippen MR) is 146 cm³/mol. The molecule has 0 radical (unpaired) electrons. The monoisotopic (exact) mass is 518 g/mol. The highest BCUT2D eigenvalue weighted by molar-refractivity contribution is 6.01. The number of rotatable bonds is 11. The van der Waals surface area contributed by atoms with Gasteiger partial charge in [-0.25, -0.2) is 0 Å². The van der Waals surface area contributed by atoms with E-state index in [1.165, 1.54) is 0 Å². The molecule has 0 saturated heterocycles. The number of hydrogen-bond donors (Lipinski definition) is 4. The molecule has 0 unspecified atom stereocenters. The van der Waals surface area contributed by atoms with E-state index in [4.69, 9.17) is 0 Å². The van der Waals surface area contributed by atoms with E-state index in [0.717, 1.165) is 55.5 Å². The van der Waals surface area contributed by atoms with Crippen molar-refractivity contribution in [2.45, 2.75) is 78.3 Å². The van der Waals surface area contributed by atoms with Crippen molar-refractivity contribution in [1.29, 1.82) is 0 Å². The Kier molecular flexibility index (Phi) is 7.27. The minimum absolute atomic E-state index is 0.0267. The van der Waals surface area contributed by atoms with Crippen LogP contribution in [0.1, 0.15) is 81.3 Å². The number of hydrogen-bond acceptors (Lipinski definition) is 5. The fourth-order valence-corrected chi connectivity index (χ4v) is 5.64. The zero-order valence-electron chi connectivity index (χ0n) is 22.6. The number of phenolic OH excluding ortho intramolecular Hbond substituents is 1. The van der Waals surface area contributed by atoms with Gasteiger partial charge >= 0.3 is 0 Å². The summed E-state index contributed by atoms with van der Waals surface area (Å²) in [6.07, 6.45) is 7.47. The fraction of sp³-hybridized carbons (Fsp3) is 0.517. The molecule has 2 heterocycles. The van der Waals surface area contributed by atoms with E-state index in [0.29, 0.717) is 28.8 Å². The van der Waals surface area contributed by atoms with Crippen molar-refractivity contribution in [2.24, 2.45) is 17.8 Å².